The average molecular weight is 415 g/mol. The van der Waals surface area contributed by atoms with Crippen LogP contribution in [0.3, 0.4) is 0 Å². The number of hydrogen-bond acceptors (Lipinski definition) is 2. The molecule has 0 aromatic heterocycles. The molecule has 2 amide bonds. The molecule has 0 aliphatic carbocycles. The molecule has 3 rings (SSSR count). The van der Waals surface area contributed by atoms with E-state index in [9.17, 15) is 9.59 Å². The Morgan fingerprint density at radius 3 is 2.54 bits per heavy atom. The molecule has 2 aromatic carbocycles. The van der Waals surface area contributed by atoms with Crippen LogP contribution in [0.2, 0.25) is 0 Å². The maximum atomic E-state index is 12.9. The molecule has 1 N–H and O–H groups in total. The number of hydrogen-bond donors (Lipinski definition) is 1. The first-order chi connectivity index (χ1) is 12.4. The van der Waals surface area contributed by atoms with Crippen molar-refractivity contribution in [1.82, 2.24) is 4.90 Å². The summed E-state index contributed by atoms with van der Waals surface area (Å²) in [5.74, 6) is -0.199. The third-order valence-electron chi connectivity index (χ3n) is 4.64. The standard InChI is InChI=1S/C21H23BrN2O2/c1-14-9-15(2)11-17(10-14)21(26)24-8-4-5-16(13-24)20(25)23-19-7-3-6-18(22)12-19/h3,6-7,9-12,16H,4-5,8,13H2,1-2H3,(H,23,25)/t16-/m1/s1. The number of benzene rings is 2. The molecule has 1 fully saturated rings. The lowest BCUT2D eigenvalue weighted by molar-refractivity contribution is -0.121. The van der Waals surface area contributed by atoms with Gasteiger partial charge in [-0.05, 0) is 57.0 Å². The van der Waals surface area contributed by atoms with E-state index in [-0.39, 0.29) is 17.7 Å². The monoisotopic (exact) mass is 414 g/mol. The highest BCUT2D eigenvalue weighted by Gasteiger charge is 2.29. The van der Waals surface area contributed by atoms with Crippen LogP contribution in [0.5, 0.6) is 0 Å². The second-order valence-corrected chi connectivity index (χ2v) is 7.88. The third kappa shape index (κ3) is 4.52. The molecule has 1 saturated heterocycles. The minimum Gasteiger partial charge on any atom is -0.338 e. The number of rotatable bonds is 3. The summed E-state index contributed by atoms with van der Waals surface area (Å²) in [5.41, 5.74) is 3.63. The van der Waals surface area contributed by atoms with Crippen LogP contribution in [0.1, 0.15) is 34.3 Å². The first kappa shape index (κ1) is 18.6. The van der Waals surface area contributed by atoms with Gasteiger partial charge in [0.2, 0.25) is 5.91 Å². The van der Waals surface area contributed by atoms with Gasteiger partial charge in [0, 0.05) is 28.8 Å². The van der Waals surface area contributed by atoms with Crippen LogP contribution in [0.25, 0.3) is 0 Å². The first-order valence-electron chi connectivity index (χ1n) is 8.86. The van der Waals surface area contributed by atoms with Crippen molar-refractivity contribution >= 4 is 33.4 Å². The van der Waals surface area contributed by atoms with Gasteiger partial charge >= 0.3 is 0 Å². The molecule has 0 saturated carbocycles. The Balaban J connectivity index is 1.68. The largest absolute Gasteiger partial charge is 0.338 e. The van der Waals surface area contributed by atoms with Crippen LogP contribution in [0.15, 0.2) is 46.9 Å². The average Bonchev–Trinajstić information content (AvgIpc) is 2.60. The van der Waals surface area contributed by atoms with Gasteiger partial charge in [-0.2, -0.15) is 0 Å². The van der Waals surface area contributed by atoms with Crippen LogP contribution < -0.4 is 5.32 Å². The number of carbonyl (C=O) groups is 2. The molecule has 5 heteroatoms. The summed E-state index contributed by atoms with van der Waals surface area (Å²) in [4.78, 5) is 27.3. The summed E-state index contributed by atoms with van der Waals surface area (Å²) in [6.07, 6.45) is 1.64. The van der Waals surface area contributed by atoms with E-state index in [1.54, 1.807) is 0 Å². The molecule has 26 heavy (non-hydrogen) atoms. The van der Waals surface area contributed by atoms with E-state index < -0.39 is 0 Å². The molecule has 4 nitrogen and oxygen atoms in total. The van der Waals surface area contributed by atoms with Gasteiger partial charge in [-0.1, -0.05) is 39.2 Å². The maximum absolute atomic E-state index is 12.9. The highest BCUT2D eigenvalue weighted by atomic mass is 79.9. The number of nitrogens with zero attached hydrogens (tertiary/aromatic N) is 1. The van der Waals surface area contributed by atoms with Crippen molar-refractivity contribution in [2.24, 2.45) is 5.92 Å². The SMILES string of the molecule is Cc1cc(C)cc(C(=O)N2CCC[C@@H](C(=O)Nc3cccc(Br)c3)C2)c1. The second-order valence-electron chi connectivity index (χ2n) is 6.97. The van der Waals surface area contributed by atoms with Gasteiger partial charge in [-0.15, -0.1) is 0 Å². The Morgan fingerprint density at radius 2 is 1.85 bits per heavy atom. The second kappa shape index (κ2) is 8.04. The van der Waals surface area contributed by atoms with Crippen molar-refractivity contribution in [2.45, 2.75) is 26.7 Å². The quantitative estimate of drug-likeness (QED) is 0.799. The lowest BCUT2D eigenvalue weighted by Gasteiger charge is -2.32. The van der Waals surface area contributed by atoms with E-state index in [4.69, 9.17) is 0 Å². The third-order valence-corrected chi connectivity index (χ3v) is 5.13. The number of amides is 2. The van der Waals surface area contributed by atoms with Crippen molar-refractivity contribution in [3.8, 4) is 0 Å². The molecule has 0 unspecified atom stereocenters. The fraction of sp³-hybridized carbons (Fsp3) is 0.333. The van der Waals surface area contributed by atoms with E-state index in [0.717, 1.165) is 34.1 Å². The predicted molar refractivity (Wildman–Crippen MR) is 107 cm³/mol. The fourth-order valence-electron chi connectivity index (χ4n) is 3.47. The van der Waals surface area contributed by atoms with Crippen molar-refractivity contribution < 1.29 is 9.59 Å². The number of anilines is 1. The summed E-state index contributed by atoms with van der Waals surface area (Å²) in [6, 6.07) is 13.4. The molecule has 2 aromatic rings. The Bertz CT molecular complexity index is 814. The van der Waals surface area contributed by atoms with Crippen LogP contribution >= 0.6 is 15.9 Å². The summed E-state index contributed by atoms with van der Waals surface area (Å²) < 4.78 is 0.922. The zero-order valence-corrected chi connectivity index (χ0v) is 16.7. The van der Waals surface area contributed by atoms with E-state index in [1.165, 1.54) is 0 Å². The highest BCUT2D eigenvalue weighted by molar-refractivity contribution is 9.10. The lowest BCUT2D eigenvalue weighted by atomic mass is 9.96. The zero-order chi connectivity index (χ0) is 18.7. The Hall–Kier alpha value is -2.14. The molecular formula is C21H23BrN2O2. The van der Waals surface area contributed by atoms with Gasteiger partial charge in [0.05, 0.1) is 5.92 Å². The van der Waals surface area contributed by atoms with Crippen molar-refractivity contribution in [3.05, 3.63) is 63.6 Å². The zero-order valence-electron chi connectivity index (χ0n) is 15.1. The molecular weight excluding hydrogens is 392 g/mol. The van der Waals surface area contributed by atoms with Crippen molar-refractivity contribution in [1.29, 1.82) is 0 Å². The topological polar surface area (TPSA) is 49.4 Å². The van der Waals surface area contributed by atoms with Gasteiger partial charge in [-0.3, -0.25) is 9.59 Å². The number of likely N-dealkylation sites (tertiary alicyclic amines) is 1. The van der Waals surface area contributed by atoms with Gasteiger partial charge in [0.1, 0.15) is 0 Å². The van der Waals surface area contributed by atoms with Crippen LogP contribution in [0, 0.1) is 19.8 Å². The van der Waals surface area contributed by atoms with Gasteiger partial charge in [0.25, 0.3) is 5.91 Å². The Morgan fingerprint density at radius 1 is 1.12 bits per heavy atom. The first-order valence-corrected chi connectivity index (χ1v) is 9.65. The van der Waals surface area contributed by atoms with Crippen LogP contribution in [-0.4, -0.2) is 29.8 Å². The molecule has 0 spiro atoms. The summed E-state index contributed by atoms with van der Waals surface area (Å²) >= 11 is 3.41. The normalized spacial score (nSPS) is 17.0. The van der Waals surface area contributed by atoms with E-state index in [1.807, 2.05) is 55.1 Å². The number of nitrogens with one attached hydrogen (secondary N) is 1. The number of carbonyl (C=O) groups excluding carboxylic acids is 2. The molecule has 136 valence electrons. The molecule has 1 aliphatic rings. The van der Waals surface area contributed by atoms with E-state index in [2.05, 4.69) is 27.3 Å². The van der Waals surface area contributed by atoms with Crippen LogP contribution in [0.4, 0.5) is 5.69 Å². The summed E-state index contributed by atoms with van der Waals surface area (Å²) in [7, 11) is 0. The fourth-order valence-corrected chi connectivity index (χ4v) is 3.87. The Labute approximate surface area is 162 Å². The minimum atomic E-state index is -0.183. The van der Waals surface area contributed by atoms with Gasteiger partial charge < -0.3 is 10.2 Å². The summed E-state index contributed by atoms with van der Waals surface area (Å²) in [6.45, 7) is 5.15. The molecule has 1 aliphatic heterocycles. The number of halogens is 1. The lowest BCUT2D eigenvalue weighted by Crippen LogP contribution is -2.43. The predicted octanol–water partition coefficient (Wildman–Crippen LogP) is 4.56. The molecule has 1 atom stereocenters. The van der Waals surface area contributed by atoms with E-state index >= 15 is 0 Å². The van der Waals surface area contributed by atoms with Crippen molar-refractivity contribution in [3.63, 3.8) is 0 Å². The van der Waals surface area contributed by atoms with Gasteiger partial charge in [0.15, 0.2) is 0 Å². The molecule has 1 heterocycles. The number of aryl methyl sites for hydroxylation is 2. The minimum absolute atomic E-state index is 0.0109. The molecule has 0 radical (unpaired) electrons. The Kier molecular flexibility index (Phi) is 5.77. The van der Waals surface area contributed by atoms with Crippen molar-refractivity contribution in [2.75, 3.05) is 18.4 Å². The maximum Gasteiger partial charge on any atom is 0.253 e. The van der Waals surface area contributed by atoms with E-state index in [0.29, 0.717) is 18.7 Å². The van der Waals surface area contributed by atoms with Crippen LogP contribution in [-0.2, 0) is 4.79 Å². The summed E-state index contributed by atoms with van der Waals surface area (Å²) in [5, 5.41) is 2.96. The molecule has 0 bridgehead atoms. The smallest absolute Gasteiger partial charge is 0.253 e. The van der Waals surface area contributed by atoms with Gasteiger partial charge in [-0.25, -0.2) is 0 Å². The highest BCUT2D eigenvalue weighted by Crippen LogP contribution is 2.22. The number of piperidine rings is 1.